The third kappa shape index (κ3) is 5.01. The molecule has 1 amide bonds. The van der Waals surface area contributed by atoms with Crippen LogP contribution >= 0.6 is 27.7 Å². The van der Waals surface area contributed by atoms with Gasteiger partial charge in [-0.15, -0.1) is 5.10 Å². The van der Waals surface area contributed by atoms with Crippen LogP contribution in [0, 0.1) is 0 Å². The number of phenols is 1. The van der Waals surface area contributed by atoms with Gasteiger partial charge in [0, 0.05) is 4.47 Å². The Morgan fingerprint density at radius 2 is 2.15 bits per heavy atom. The van der Waals surface area contributed by atoms with Crippen LogP contribution in [0.3, 0.4) is 0 Å². The van der Waals surface area contributed by atoms with E-state index in [0.29, 0.717) is 34.6 Å². The number of carbonyl (C=O) groups is 1. The molecule has 1 aromatic heterocycles. The van der Waals surface area contributed by atoms with Gasteiger partial charge in [-0.05, 0) is 37.3 Å². The van der Waals surface area contributed by atoms with E-state index in [-0.39, 0.29) is 17.4 Å². The molecule has 27 heavy (non-hydrogen) atoms. The van der Waals surface area contributed by atoms with Crippen molar-refractivity contribution in [1.82, 2.24) is 15.2 Å². The molecule has 7 nitrogen and oxygen atoms in total. The topological polar surface area (TPSA) is 100 Å². The first-order valence-corrected chi connectivity index (χ1v) is 9.90. The molecule has 0 aliphatic carbocycles. The summed E-state index contributed by atoms with van der Waals surface area (Å²) in [7, 11) is 0. The Balaban J connectivity index is 1.62. The molecule has 0 unspecified atom stereocenters. The molecular formula is C18H17BrN4O3S. The largest absolute Gasteiger partial charge is 0.507 e. The second-order valence-corrected chi connectivity index (χ2v) is 7.25. The van der Waals surface area contributed by atoms with Crippen molar-refractivity contribution in [3.8, 4) is 22.9 Å². The lowest BCUT2D eigenvalue weighted by atomic mass is 10.2. The number of aromatic amines is 1. The van der Waals surface area contributed by atoms with E-state index in [0.717, 1.165) is 4.47 Å². The van der Waals surface area contributed by atoms with E-state index in [4.69, 9.17) is 4.74 Å². The average Bonchev–Trinajstić information content (AvgIpc) is 3.13. The Labute approximate surface area is 168 Å². The van der Waals surface area contributed by atoms with Gasteiger partial charge in [-0.1, -0.05) is 39.8 Å². The molecule has 0 aliphatic heterocycles. The Hall–Kier alpha value is -2.52. The number of halogens is 1. The number of anilines is 1. The number of amides is 1. The van der Waals surface area contributed by atoms with Gasteiger partial charge in [-0.2, -0.15) is 0 Å². The van der Waals surface area contributed by atoms with E-state index in [1.807, 2.05) is 19.1 Å². The lowest BCUT2D eigenvalue weighted by molar-refractivity contribution is -0.113. The third-order valence-electron chi connectivity index (χ3n) is 3.47. The summed E-state index contributed by atoms with van der Waals surface area (Å²) in [6.45, 7) is 2.41. The number of benzene rings is 2. The van der Waals surface area contributed by atoms with Gasteiger partial charge in [0.1, 0.15) is 11.5 Å². The van der Waals surface area contributed by atoms with Crippen LogP contribution in [0.2, 0.25) is 0 Å². The molecule has 2 aromatic carbocycles. The molecule has 0 radical (unpaired) electrons. The minimum Gasteiger partial charge on any atom is -0.507 e. The molecule has 0 spiro atoms. The van der Waals surface area contributed by atoms with Gasteiger partial charge in [0.15, 0.2) is 5.82 Å². The highest BCUT2D eigenvalue weighted by Gasteiger charge is 2.13. The van der Waals surface area contributed by atoms with Crippen LogP contribution in [0.4, 0.5) is 5.69 Å². The van der Waals surface area contributed by atoms with Crippen molar-refractivity contribution < 1.29 is 14.6 Å². The first-order chi connectivity index (χ1) is 13.1. The number of para-hydroxylation sites is 2. The lowest BCUT2D eigenvalue weighted by Gasteiger charge is -2.10. The zero-order valence-corrected chi connectivity index (χ0v) is 16.8. The second kappa shape index (κ2) is 8.92. The number of rotatable bonds is 7. The maximum Gasteiger partial charge on any atom is 0.234 e. The van der Waals surface area contributed by atoms with E-state index in [1.165, 1.54) is 11.8 Å². The molecule has 0 saturated heterocycles. The van der Waals surface area contributed by atoms with Gasteiger partial charge in [0.2, 0.25) is 11.1 Å². The van der Waals surface area contributed by atoms with E-state index >= 15 is 0 Å². The molecule has 9 heteroatoms. The summed E-state index contributed by atoms with van der Waals surface area (Å²) >= 11 is 4.55. The van der Waals surface area contributed by atoms with Crippen molar-refractivity contribution in [2.75, 3.05) is 17.7 Å². The highest BCUT2D eigenvalue weighted by molar-refractivity contribution is 9.10. The molecule has 0 atom stereocenters. The van der Waals surface area contributed by atoms with Crippen LogP contribution in [0.25, 0.3) is 11.4 Å². The van der Waals surface area contributed by atoms with E-state index < -0.39 is 0 Å². The lowest BCUT2D eigenvalue weighted by Crippen LogP contribution is -2.15. The molecule has 0 aliphatic rings. The van der Waals surface area contributed by atoms with Crippen LogP contribution in [-0.2, 0) is 4.79 Å². The minimum atomic E-state index is -0.191. The molecule has 3 rings (SSSR count). The van der Waals surface area contributed by atoms with Crippen LogP contribution < -0.4 is 10.1 Å². The van der Waals surface area contributed by atoms with Crippen LogP contribution in [0.15, 0.2) is 52.1 Å². The van der Waals surface area contributed by atoms with E-state index in [2.05, 4.69) is 36.4 Å². The molecule has 1 heterocycles. The predicted octanol–water partition coefficient (Wildman–Crippen LogP) is 4.07. The number of nitrogens with one attached hydrogen (secondary N) is 2. The van der Waals surface area contributed by atoms with Crippen LogP contribution in [0.1, 0.15) is 6.92 Å². The summed E-state index contributed by atoms with van der Waals surface area (Å²) in [5.74, 6) is 1.10. The maximum absolute atomic E-state index is 12.2. The predicted molar refractivity (Wildman–Crippen MR) is 108 cm³/mol. The molecule has 0 bridgehead atoms. The minimum absolute atomic E-state index is 0.0937. The van der Waals surface area contributed by atoms with Gasteiger partial charge < -0.3 is 15.2 Å². The average molecular weight is 449 g/mol. The Kier molecular flexibility index (Phi) is 6.36. The first-order valence-electron chi connectivity index (χ1n) is 8.12. The highest BCUT2D eigenvalue weighted by atomic mass is 79.9. The SMILES string of the molecule is CCOc1ccccc1NC(=O)CSc1n[nH]c(-c2cc(Br)ccc2O)n1. The number of ether oxygens (including phenoxy) is 1. The zero-order valence-electron chi connectivity index (χ0n) is 14.4. The summed E-state index contributed by atoms with van der Waals surface area (Å²) in [5.41, 5.74) is 1.15. The fourth-order valence-electron chi connectivity index (χ4n) is 2.30. The number of nitrogens with zero attached hydrogens (tertiary/aromatic N) is 2. The van der Waals surface area contributed by atoms with E-state index in [9.17, 15) is 9.90 Å². The zero-order chi connectivity index (χ0) is 19.2. The number of H-pyrrole nitrogens is 1. The smallest absolute Gasteiger partial charge is 0.234 e. The van der Waals surface area contributed by atoms with Gasteiger partial charge in [-0.25, -0.2) is 4.98 Å². The molecule has 0 fully saturated rings. The van der Waals surface area contributed by atoms with Crippen LogP contribution in [-0.4, -0.2) is 38.6 Å². The maximum atomic E-state index is 12.2. The molecule has 3 N–H and O–H groups in total. The number of aromatic hydroxyl groups is 1. The monoisotopic (exact) mass is 448 g/mol. The van der Waals surface area contributed by atoms with Gasteiger partial charge >= 0.3 is 0 Å². The summed E-state index contributed by atoms with van der Waals surface area (Å²) in [5, 5.41) is 20.1. The summed E-state index contributed by atoms with van der Waals surface area (Å²) in [4.78, 5) is 16.5. The molecular weight excluding hydrogens is 432 g/mol. The second-order valence-electron chi connectivity index (χ2n) is 5.39. The Morgan fingerprint density at radius 3 is 2.96 bits per heavy atom. The van der Waals surface area contributed by atoms with Crippen molar-refractivity contribution in [2.45, 2.75) is 12.1 Å². The summed E-state index contributed by atoms with van der Waals surface area (Å²) in [6, 6.07) is 12.3. The number of hydrogen-bond acceptors (Lipinski definition) is 6. The molecule has 140 valence electrons. The van der Waals surface area contributed by atoms with E-state index in [1.54, 1.807) is 30.3 Å². The van der Waals surface area contributed by atoms with Crippen molar-refractivity contribution >= 4 is 39.3 Å². The Morgan fingerprint density at radius 1 is 1.33 bits per heavy atom. The number of aromatic nitrogens is 3. The number of thioether (sulfide) groups is 1. The molecule has 0 saturated carbocycles. The van der Waals surface area contributed by atoms with Crippen molar-refractivity contribution in [3.05, 3.63) is 46.9 Å². The molecule has 3 aromatic rings. The quantitative estimate of drug-likeness (QED) is 0.471. The van der Waals surface area contributed by atoms with Crippen molar-refractivity contribution in [3.63, 3.8) is 0 Å². The van der Waals surface area contributed by atoms with Crippen molar-refractivity contribution in [2.24, 2.45) is 0 Å². The standard InChI is InChI=1S/C18H17BrN4O3S/c1-2-26-15-6-4-3-5-13(15)20-16(25)10-27-18-21-17(22-23-18)12-9-11(19)7-8-14(12)24/h3-9,24H,2,10H2,1H3,(H,20,25)(H,21,22,23). The number of phenolic OH excluding ortho intramolecular Hbond substituents is 1. The van der Waals surface area contributed by atoms with Gasteiger partial charge in [-0.3, -0.25) is 9.89 Å². The fourth-order valence-corrected chi connectivity index (χ4v) is 3.26. The summed E-state index contributed by atoms with van der Waals surface area (Å²) in [6.07, 6.45) is 0. The first kappa shape index (κ1) is 19.2. The normalized spacial score (nSPS) is 10.6. The number of carbonyl (C=O) groups excluding carboxylic acids is 1. The number of hydrogen-bond donors (Lipinski definition) is 3. The third-order valence-corrected chi connectivity index (χ3v) is 4.81. The summed E-state index contributed by atoms with van der Waals surface area (Å²) < 4.78 is 6.31. The van der Waals surface area contributed by atoms with Crippen molar-refractivity contribution in [1.29, 1.82) is 0 Å². The Bertz CT molecular complexity index is 948. The van der Waals surface area contributed by atoms with Crippen LogP contribution in [0.5, 0.6) is 11.5 Å². The van der Waals surface area contributed by atoms with Gasteiger partial charge in [0.25, 0.3) is 0 Å². The fraction of sp³-hybridized carbons (Fsp3) is 0.167. The van der Waals surface area contributed by atoms with Gasteiger partial charge in [0.05, 0.1) is 23.6 Å². The highest BCUT2D eigenvalue weighted by Crippen LogP contribution is 2.30.